The third kappa shape index (κ3) is 6.37. The zero-order chi connectivity index (χ0) is 19.8. The molecular formula is C20H24F2N4O2. The van der Waals surface area contributed by atoms with Gasteiger partial charge in [-0.3, -0.25) is 4.99 Å². The number of hydrogen-bond acceptors (Lipinski definition) is 4. The number of rotatable bonds is 9. The summed E-state index contributed by atoms with van der Waals surface area (Å²) >= 11 is 0. The molecule has 1 heterocycles. The van der Waals surface area contributed by atoms with Crippen LogP contribution in [0.25, 0.3) is 0 Å². The summed E-state index contributed by atoms with van der Waals surface area (Å²) in [4.78, 5) is 8.45. The SMILES string of the molecule is CN=C(NCc1ccc(OCC2CC2)nc1)NCc1ccccc1OC(F)F. The molecule has 8 heteroatoms. The van der Waals surface area contributed by atoms with Crippen molar-refractivity contribution in [2.24, 2.45) is 10.9 Å². The van der Waals surface area contributed by atoms with E-state index in [9.17, 15) is 8.78 Å². The number of alkyl halides is 2. The van der Waals surface area contributed by atoms with Crippen molar-refractivity contribution in [1.29, 1.82) is 0 Å². The molecule has 0 unspecified atom stereocenters. The van der Waals surface area contributed by atoms with Crippen molar-refractivity contribution in [1.82, 2.24) is 15.6 Å². The molecule has 1 aliphatic rings. The van der Waals surface area contributed by atoms with Crippen LogP contribution in [0.3, 0.4) is 0 Å². The fraction of sp³-hybridized carbons (Fsp3) is 0.400. The smallest absolute Gasteiger partial charge is 0.387 e. The van der Waals surface area contributed by atoms with Gasteiger partial charge in [0.05, 0.1) is 6.61 Å². The number of halogens is 2. The lowest BCUT2D eigenvalue weighted by molar-refractivity contribution is -0.0504. The summed E-state index contributed by atoms with van der Waals surface area (Å²) in [5, 5.41) is 6.25. The standard InChI is InChI=1S/C20H24F2N4O2/c1-23-20(26-12-16-4-2-3-5-17(16)28-19(21)22)25-11-15-8-9-18(24-10-15)27-13-14-6-7-14/h2-5,8-10,14,19H,6-7,11-13H2,1H3,(H2,23,25,26). The number of aliphatic imine (C=N–C) groups is 1. The highest BCUT2D eigenvalue weighted by atomic mass is 19.3. The Morgan fingerprint density at radius 2 is 1.96 bits per heavy atom. The molecule has 0 amide bonds. The third-order valence-electron chi connectivity index (χ3n) is 4.28. The molecule has 28 heavy (non-hydrogen) atoms. The molecule has 150 valence electrons. The van der Waals surface area contributed by atoms with Gasteiger partial charge in [-0.1, -0.05) is 24.3 Å². The van der Waals surface area contributed by atoms with E-state index in [1.165, 1.54) is 18.9 Å². The lowest BCUT2D eigenvalue weighted by atomic mass is 10.2. The van der Waals surface area contributed by atoms with Gasteiger partial charge in [0.1, 0.15) is 5.75 Å². The van der Waals surface area contributed by atoms with Crippen LogP contribution in [0.4, 0.5) is 8.78 Å². The van der Waals surface area contributed by atoms with E-state index in [4.69, 9.17) is 4.74 Å². The lowest BCUT2D eigenvalue weighted by Gasteiger charge is -2.14. The number of guanidine groups is 1. The van der Waals surface area contributed by atoms with Gasteiger partial charge in [-0.2, -0.15) is 8.78 Å². The Bertz CT molecular complexity index is 780. The van der Waals surface area contributed by atoms with Crippen molar-refractivity contribution >= 4 is 5.96 Å². The van der Waals surface area contributed by atoms with Crippen molar-refractivity contribution in [3.05, 3.63) is 53.7 Å². The summed E-state index contributed by atoms with van der Waals surface area (Å²) in [6.07, 6.45) is 4.24. The minimum Gasteiger partial charge on any atom is -0.477 e. The van der Waals surface area contributed by atoms with Crippen LogP contribution in [-0.2, 0) is 13.1 Å². The zero-order valence-electron chi connectivity index (χ0n) is 15.7. The topological polar surface area (TPSA) is 67.8 Å². The highest BCUT2D eigenvalue weighted by Crippen LogP contribution is 2.29. The van der Waals surface area contributed by atoms with Gasteiger partial charge in [0.2, 0.25) is 5.88 Å². The van der Waals surface area contributed by atoms with Crippen LogP contribution in [0.2, 0.25) is 0 Å². The molecule has 0 radical (unpaired) electrons. The van der Waals surface area contributed by atoms with Gasteiger partial charge in [0.15, 0.2) is 5.96 Å². The van der Waals surface area contributed by atoms with Crippen molar-refractivity contribution in [2.75, 3.05) is 13.7 Å². The first-order valence-electron chi connectivity index (χ1n) is 9.19. The molecule has 1 aromatic carbocycles. The number of aromatic nitrogens is 1. The van der Waals surface area contributed by atoms with E-state index in [-0.39, 0.29) is 5.75 Å². The maximum atomic E-state index is 12.5. The van der Waals surface area contributed by atoms with Crippen LogP contribution < -0.4 is 20.1 Å². The van der Waals surface area contributed by atoms with E-state index in [0.717, 1.165) is 12.2 Å². The van der Waals surface area contributed by atoms with Crippen molar-refractivity contribution in [2.45, 2.75) is 32.5 Å². The van der Waals surface area contributed by atoms with E-state index in [1.54, 1.807) is 31.4 Å². The Morgan fingerprint density at radius 1 is 1.18 bits per heavy atom. The maximum Gasteiger partial charge on any atom is 0.387 e. The number of nitrogens with zero attached hydrogens (tertiary/aromatic N) is 2. The molecule has 0 spiro atoms. The van der Waals surface area contributed by atoms with Gasteiger partial charge in [0.25, 0.3) is 0 Å². The molecule has 2 N–H and O–H groups in total. The zero-order valence-corrected chi connectivity index (χ0v) is 15.7. The summed E-state index contributed by atoms with van der Waals surface area (Å²) in [7, 11) is 1.64. The van der Waals surface area contributed by atoms with Gasteiger partial charge in [-0.15, -0.1) is 0 Å². The van der Waals surface area contributed by atoms with Gasteiger partial charge >= 0.3 is 6.61 Å². The van der Waals surface area contributed by atoms with E-state index in [0.29, 0.717) is 36.4 Å². The summed E-state index contributed by atoms with van der Waals surface area (Å²) in [5.74, 6) is 2.01. The maximum absolute atomic E-state index is 12.5. The summed E-state index contributed by atoms with van der Waals surface area (Å²) in [6, 6.07) is 10.5. The van der Waals surface area contributed by atoms with Gasteiger partial charge < -0.3 is 20.1 Å². The predicted octanol–water partition coefficient (Wildman–Crippen LogP) is 3.34. The summed E-state index contributed by atoms with van der Waals surface area (Å²) < 4.78 is 35.2. The number of pyridine rings is 1. The van der Waals surface area contributed by atoms with Crippen LogP contribution in [-0.4, -0.2) is 31.2 Å². The van der Waals surface area contributed by atoms with Gasteiger partial charge in [-0.05, 0) is 30.4 Å². The minimum absolute atomic E-state index is 0.145. The quantitative estimate of drug-likeness (QED) is 0.508. The van der Waals surface area contributed by atoms with E-state index < -0.39 is 6.61 Å². The second kappa shape index (κ2) is 9.87. The lowest BCUT2D eigenvalue weighted by Crippen LogP contribution is -2.36. The van der Waals surface area contributed by atoms with Crippen molar-refractivity contribution in [3.8, 4) is 11.6 Å². The first-order chi connectivity index (χ1) is 13.6. The van der Waals surface area contributed by atoms with Crippen LogP contribution in [0, 0.1) is 5.92 Å². The van der Waals surface area contributed by atoms with E-state index >= 15 is 0 Å². The van der Waals surface area contributed by atoms with E-state index in [2.05, 4.69) is 25.3 Å². The van der Waals surface area contributed by atoms with E-state index in [1.807, 2.05) is 12.1 Å². The number of hydrogen-bond donors (Lipinski definition) is 2. The predicted molar refractivity (Wildman–Crippen MR) is 103 cm³/mol. The number of para-hydroxylation sites is 1. The molecule has 3 rings (SSSR count). The fourth-order valence-electron chi connectivity index (χ4n) is 2.53. The molecule has 0 atom stereocenters. The molecule has 0 aliphatic heterocycles. The first-order valence-corrected chi connectivity index (χ1v) is 9.19. The van der Waals surface area contributed by atoms with Crippen molar-refractivity contribution in [3.63, 3.8) is 0 Å². The average Bonchev–Trinajstić information content (AvgIpc) is 3.52. The molecular weight excluding hydrogens is 366 g/mol. The Morgan fingerprint density at radius 3 is 2.64 bits per heavy atom. The van der Waals surface area contributed by atoms with Gasteiger partial charge in [0, 0.05) is 38.0 Å². The van der Waals surface area contributed by atoms with Gasteiger partial charge in [-0.25, -0.2) is 4.98 Å². The monoisotopic (exact) mass is 390 g/mol. The molecule has 0 bridgehead atoms. The van der Waals surface area contributed by atoms with Crippen LogP contribution in [0.5, 0.6) is 11.6 Å². The van der Waals surface area contributed by atoms with Crippen LogP contribution >= 0.6 is 0 Å². The highest BCUT2D eigenvalue weighted by molar-refractivity contribution is 5.79. The van der Waals surface area contributed by atoms with Crippen molar-refractivity contribution < 1.29 is 18.3 Å². The Hall–Kier alpha value is -2.90. The summed E-state index contributed by atoms with van der Waals surface area (Å²) in [6.45, 7) is -1.31. The minimum atomic E-state index is -2.86. The molecule has 1 saturated carbocycles. The Kier molecular flexibility index (Phi) is 7.00. The van der Waals surface area contributed by atoms with Crippen LogP contribution in [0.15, 0.2) is 47.6 Å². The highest BCUT2D eigenvalue weighted by Gasteiger charge is 2.22. The second-order valence-electron chi connectivity index (χ2n) is 6.52. The Balaban J connectivity index is 1.47. The molecule has 0 saturated heterocycles. The normalized spacial score (nSPS) is 14.1. The largest absolute Gasteiger partial charge is 0.477 e. The third-order valence-corrected chi connectivity index (χ3v) is 4.28. The number of benzene rings is 1. The second-order valence-corrected chi connectivity index (χ2v) is 6.52. The van der Waals surface area contributed by atoms with Crippen LogP contribution in [0.1, 0.15) is 24.0 Å². The molecule has 1 aliphatic carbocycles. The number of ether oxygens (including phenoxy) is 2. The molecule has 6 nitrogen and oxygen atoms in total. The average molecular weight is 390 g/mol. The molecule has 1 fully saturated rings. The summed E-state index contributed by atoms with van der Waals surface area (Å²) in [5.41, 5.74) is 1.59. The first kappa shape index (κ1) is 19.9. The fourth-order valence-corrected chi connectivity index (χ4v) is 2.53. The Labute approximate surface area is 163 Å². The molecule has 2 aromatic rings. The number of nitrogens with one attached hydrogen (secondary N) is 2. The molecule has 1 aromatic heterocycles.